The molecule has 4 rings (SSSR count). The summed E-state index contributed by atoms with van der Waals surface area (Å²) in [6.45, 7) is 0.710. The SMILES string of the molecule is COCC(Cc1ccccc1)NS(=O)(=O)NC1CCC(CNC(=O)c2ccccc2OC)(c2ccccc2)CC1. The molecule has 1 unspecified atom stereocenters. The van der Waals surface area contributed by atoms with Crippen molar-refractivity contribution in [3.05, 3.63) is 102 Å². The van der Waals surface area contributed by atoms with Crippen LogP contribution in [0.25, 0.3) is 0 Å². The van der Waals surface area contributed by atoms with Crippen molar-refractivity contribution in [2.24, 2.45) is 0 Å². The standard InChI is InChI=1S/C31H39N3O5S/c1-38-22-27(21-24-11-5-3-6-12-24)34-40(36,37)33-26-17-19-31(20-18-26,25-13-7-4-8-14-25)23-32-30(35)28-15-9-10-16-29(28)39-2/h3-16,26-27,33-34H,17-23H2,1-2H3,(H,32,35). The second-order valence-corrected chi connectivity index (χ2v) is 11.9. The minimum Gasteiger partial charge on any atom is -0.496 e. The van der Waals surface area contributed by atoms with Crippen LogP contribution in [0.15, 0.2) is 84.9 Å². The fourth-order valence-corrected chi connectivity index (χ4v) is 6.86. The van der Waals surface area contributed by atoms with Gasteiger partial charge in [-0.15, -0.1) is 0 Å². The number of para-hydroxylation sites is 1. The molecule has 0 aromatic heterocycles. The summed E-state index contributed by atoms with van der Waals surface area (Å²) in [5.74, 6) is 0.334. The molecule has 3 aromatic rings. The van der Waals surface area contributed by atoms with Gasteiger partial charge in [-0.3, -0.25) is 4.79 Å². The van der Waals surface area contributed by atoms with Crippen molar-refractivity contribution < 1.29 is 22.7 Å². The summed E-state index contributed by atoms with van der Waals surface area (Å²) < 4.78 is 42.5. The quantitative estimate of drug-likeness (QED) is 0.291. The van der Waals surface area contributed by atoms with Crippen LogP contribution in [0.2, 0.25) is 0 Å². The third-order valence-electron chi connectivity index (χ3n) is 7.60. The Morgan fingerprint density at radius 1 is 0.925 bits per heavy atom. The first kappa shape index (κ1) is 29.7. The summed E-state index contributed by atoms with van der Waals surface area (Å²) >= 11 is 0. The summed E-state index contributed by atoms with van der Waals surface area (Å²) in [7, 11) is -0.642. The Morgan fingerprint density at radius 2 is 1.55 bits per heavy atom. The van der Waals surface area contributed by atoms with Crippen LogP contribution in [0.3, 0.4) is 0 Å². The van der Waals surface area contributed by atoms with Gasteiger partial charge in [0.05, 0.1) is 25.3 Å². The van der Waals surface area contributed by atoms with Gasteiger partial charge < -0.3 is 14.8 Å². The lowest BCUT2D eigenvalue weighted by molar-refractivity contribution is 0.0932. The normalized spacial score (nSPS) is 20.0. The van der Waals surface area contributed by atoms with Gasteiger partial charge in [-0.1, -0.05) is 72.8 Å². The second-order valence-electron chi connectivity index (χ2n) is 10.4. The summed E-state index contributed by atoms with van der Waals surface area (Å²) in [4.78, 5) is 13.1. The summed E-state index contributed by atoms with van der Waals surface area (Å²) in [5.41, 5.74) is 2.35. The fourth-order valence-electron chi connectivity index (χ4n) is 5.53. The molecule has 0 heterocycles. The van der Waals surface area contributed by atoms with Gasteiger partial charge in [0.25, 0.3) is 16.1 Å². The number of hydrogen-bond acceptors (Lipinski definition) is 5. The van der Waals surface area contributed by atoms with E-state index in [0.29, 0.717) is 37.1 Å². The molecule has 8 nitrogen and oxygen atoms in total. The minimum absolute atomic E-state index is 0.192. The Morgan fingerprint density at radius 3 is 2.20 bits per heavy atom. The van der Waals surface area contributed by atoms with E-state index < -0.39 is 10.2 Å². The van der Waals surface area contributed by atoms with Crippen molar-refractivity contribution in [2.75, 3.05) is 27.4 Å². The third kappa shape index (κ3) is 7.91. The van der Waals surface area contributed by atoms with Crippen molar-refractivity contribution in [2.45, 2.75) is 49.6 Å². The van der Waals surface area contributed by atoms with Gasteiger partial charge in [-0.25, -0.2) is 0 Å². The molecule has 1 atom stereocenters. The van der Waals surface area contributed by atoms with Crippen LogP contribution in [-0.2, 0) is 26.8 Å². The van der Waals surface area contributed by atoms with Gasteiger partial charge in [-0.05, 0) is 55.4 Å². The first-order chi connectivity index (χ1) is 19.3. The molecule has 1 saturated carbocycles. The molecule has 1 amide bonds. The summed E-state index contributed by atoms with van der Waals surface area (Å²) in [6.07, 6.45) is 3.27. The number of benzene rings is 3. The number of rotatable bonds is 13. The van der Waals surface area contributed by atoms with E-state index in [1.807, 2.05) is 60.7 Å². The summed E-state index contributed by atoms with van der Waals surface area (Å²) in [5, 5.41) is 3.13. The van der Waals surface area contributed by atoms with Crippen molar-refractivity contribution in [1.82, 2.24) is 14.8 Å². The molecule has 0 spiro atoms. The van der Waals surface area contributed by atoms with Crippen molar-refractivity contribution >= 4 is 16.1 Å². The van der Waals surface area contributed by atoms with Crippen LogP contribution in [0.5, 0.6) is 5.75 Å². The molecule has 214 valence electrons. The van der Waals surface area contributed by atoms with Gasteiger partial charge in [0.1, 0.15) is 5.75 Å². The maximum absolute atomic E-state index is 13.1. The smallest absolute Gasteiger partial charge is 0.277 e. The van der Waals surface area contributed by atoms with E-state index >= 15 is 0 Å². The topological polar surface area (TPSA) is 106 Å². The van der Waals surface area contributed by atoms with Gasteiger partial charge in [-0.2, -0.15) is 17.9 Å². The number of methoxy groups -OCH3 is 2. The van der Waals surface area contributed by atoms with Gasteiger partial charge >= 0.3 is 0 Å². The van der Waals surface area contributed by atoms with E-state index in [1.54, 1.807) is 26.4 Å². The van der Waals surface area contributed by atoms with Crippen LogP contribution in [-0.4, -0.2) is 53.8 Å². The van der Waals surface area contributed by atoms with E-state index in [1.165, 1.54) is 0 Å². The van der Waals surface area contributed by atoms with Gasteiger partial charge in [0.2, 0.25) is 0 Å². The van der Waals surface area contributed by atoms with Crippen LogP contribution in [0, 0.1) is 0 Å². The Kier molecular flexibility index (Phi) is 10.3. The average Bonchev–Trinajstić information content (AvgIpc) is 2.97. The van der Waals surface area contributed by atoms with Crippen LogP contribution in [0.4, 0.5) is 0 Å². The largest absolute Gasteiger partial charge is 0.496 e. The lowest BCUT2D eigenvalue weighted by atomic mass is 9.68. The first-order valence-electron chi connectivity index (χ1n) is 13.6. The average molecular weight is 566 g/mol. The zero-order valence-electron chi connectivity index (χ0n) is 23.1. The molecule has 0 bridgehead atoms. The van der Waals surface area contributed by atoms with Crippen LogP contribution in [0.1, 0.15) is 47.2 Å². The van der Waals surface area contributed by atoms with Crippen LogP contribution < -0.4 is 19.5 Å². The zero-order valence-corrected chi connectivity index (χ0v) is 24.0. The predicted octanol–water partition coefficient (Wildman–Crippen LogP) is 3.99. The van der Waals surface area contributed by atoms with Crippen molar-refractivity contribution in [3.8, 4) is 5.75 Å². The van der Waals surface area contributed by atoms with E-state index in [-0.39, 0.29) is 30.0 Å². The molecular formula is C31H39N3O5S. The molecule has 3 aromatic carbocycles. The number of carbonyl (C=O) groups is 1. The number of carbonyl (C=O) groups excluding carboxylic acids is 1. The number of amides is 1. The van der Waals surface area contributed by atoms with Crippen LogP contribution >= 0.6 is 0 Å². The highest BCUT2D eigenvalue weighted by Crippen LogP contribution is 2.39. The lowest BCUT2D eigenvalue weighted by Gasteiger charge is -2.41. The molecule has 3 N–H and O–H groups in total. The minimum atomic E-state index is -3.76. The molecule has 1 fully saturated rings. The lowest BCUT2D eigenvalue weighted by Crippen LogP contribution is -2.51. The van der Waals surface area contributed by atoms with E-state index in [0.717, 1.165) is 24.0 Å². The Labute approximate surface area is 237 Å². The van der Waals surface area contributed by atoms with Gasteiger partial charge in [0, 0.05) is 25.1 Å². The molecule has 1 aliphatic rings. The Balaban J connectivity index is 1.41. The molecule has 0 radical (unpaired) electrons. The highest BCUT2D eigenvalue weighted by molar-refractivity contribution is 7.87. The second kappa shape index (κ2) is 13.9. The zero-order chi connectivity index (χ0) is 28.4. The monoisotopic (exact) mass is 565 g/mol. The van der Waals surface area contributed by atoms with E-state index in [2.05, 4.69) is 26.9 Å². The van der Waals surface area contributed by atoms with E-state index in [9.17, 15) is 13.2 Å². The maximum atomic E-state index is 13.1. The number of hydrogen-bond donors (Lipinski definition) is 3. The van der Waals surface area contributed by atoms with Gasteiger partial charge in [0.15, 0.2) is 0 Å². The fraction of sp³-hybridized carbons (Fsp3) is 0.387. The molecule has 9 heteroatoms. The first-order valence-corrected chi connectivity index (χ1v) is 15.1. The molecule has 40 heavy (non-hydrogen) atoms. The summed E-state index contributed by atoms with van der Waals surface area (Å²) in [6, 6.07) is 26.5. The number of ether oxygens (including phenoxy) is 2. The Hall–Kier alpha value is -3.24. The third-order valence-corrected chi connectivity index (χ3v) is 8.89. The molecule has 1 aliphatic carbocycles. The van der Waals surface area contributed by atoms with E-state index in [4.69, 9.17) is 9.47 Å². The highest BCUT2D eigenvalue weighted by Gasteiger charge is 2.38. The predicted molar refractivity (Wildman–Crippen MR) is 157 cm³/mol. The Bertz CT molecular complexity index is 1330. The molecule has 0 aliphatic heterocycles. The molecule has 0 saturated heterocycles. The highest BCUT2D eigenvalue weighted by atomic mass is 32.2. The van der Waals surface area contributed by atoms with Crippen molar-refractivity contribution in [1.29, 1.82) is 0 Å². The molecular weight excluding hydrogens is 526 g/mol. The number of nitrogens with one attached hydrogen (secondary N) is 3. The maximum Gasteiger partial charge on any atom is 0.277 e. The van der Waals surface area contributed by atoms with Crippen molar-refractivity contribution in [3.63, 3.8) is 0 Å².